The Balaban J connectivity index is 1.33. The van der Waals surface area contributed by atoms with Crippen molar-refractivity contribution < 1.29 is 0 Å². The molecule has 0 spiro atoms. The van der Waals surface area contributed by atoms with Crippen LogP contribution in [0.15, 0.2) is 158 Å². The first kappa shape index (κ1) is 27.5. The van der Waals surface area contributed by atoms with Gasteiger partial charge in [-0.15, -0.1) is 11.3 Å². The monoisotopic (exact) mass is 654 g/mol. The smallest absolute Gasteiger partial charge is 0.165 e. The van der Waals surface area contributed by atoms with Gasteiger partial charge in [-0.25, -0.2) is 15.0 Å². The highest BCUT2D eigenvalue weighted by Gasteiger charge is 2.17. The lowest BCUT2D eigenvalue weighted by atomic mass is 10.0. The summed E-state index contributed by atoms with van der Waals surface area (Å²) in [4.78, 5) is 15.5. The number of hydrogen-bond donors (Lipinski definition) is 0. The van der Waals surface area contributed by atoms with Gasteiger partial charge in [-0.1, -0.05) is 127 Å². The van der Waals surface area contributed by atoms with Crippen LogP contribution in [0, 0.1) is 0 Å². The van der Waals surface area contributed by atoms with Gasteiger partial charge in [-0.05, 0) is 52.2 Å². The van der Waals surface area contributed by atoms with Crippen LogP contribution in [0.5, 0.6) is 0 Å². The summed E-state index contributed by atoms with van der Waals surface area (Å²) in [6.07, 6.45) is 0. The molecule has 50 heavy (non-hydrogen) atoms. The summed E-state index contributed by atoms with van der Waals surface area (Å²) >= 11 is 1.83. The molecule has 0 fully saturated rings. The molecule has 7 aromatic carbocycles. The van der Waals surface area contributed by atoms with Crippen molar-refractivity contribution >= 4 is 91.7 Å². The van der Waals surface area contributed by atoms with Crippen LogP contribution >= 0.6 is 11.3 Å². The Kier molecular flexibility index (Phi) is 5.80. The summed E-state index contributed by atoms with van der Waals surface area (Å²) in [6.45, 7) is 0. The minimum Gasteiger partial charge on any atom is -0.308 e. The molecule has 232 valence electrons. The van der Waals surface area contributed by atoms with E-state index in [-0.39, 0.29) is 0 Å². The van der Waals surface area contributed by atoms with E-state index in [0.29, 0.717) is 17.1 Å². The number of benzene rings is 7. The highest BCUT2D eigenvalue weighted by atomic mass is 32.1. The Morgan fingerprint density at radius 3 is 1.94 bits per heavy atom. The molecule has 0 saturated carbocycles. The number of fused-ring (bicyclic) bond motifs is 14. The molecule has 11 rings (SSSR count). The summed E-state index contributed by atoms with van der Waals surface area (Å²) in [5.41, 5.74) is 8.18. The molecule has 0 aliphatic heterocycles. The van der Waals surface area contributed by atoms with Crippen molar-refractivity contribution in [2.75, 3.05) is 0 Å². The minimum atomic E-state index is 0.655. The zero-order valence-electron chi connectivity index (χ0n) is 26.7. The van der Waals surface area contributed by atoms with Gasteiger partial charge in [-0.2, -0.15) is 0 Å². The van der Waals surface area contributed by atoms with Gasteiger partial charge in [0.25, 0.3) is 0 Å². The van der Waals surface area contributed by atoms with Gasteiger partial charge in [0.05, 0.1) is 15.7 Å². The standard InChI is InChI=1S/C45H26N4S/c1-2-9-27(10-3-1)28-19-21-29(22-20-28)43-46-44-32-13-6-11-30(25-32)31-12-7-14-33(26-31)49-39-18-5-4-15-34(39)35-23-24-37-36-16-8-17-38(45(47-43)48-44)41(36)50-42(37)40(35)49/h1-26H. The second-order valence-corrected chi connectivity index (χ2v) is 13.9. The predicted molar refractivity (Wildman–Crippen MR) is 211 cm³/mol. The summed E-state index contributed by atoms with van der Waals surface area (Å²) in [5.74, 6) is 0.655. The molecule has 0 radical (unpaired) electrons. The van der Waals surface area contributed by atoms with E-state index in [0.717, 1.165) is 38.2 Å². The van der Waals surface area contributed by atoms with Crippen molar-refractivity contribution in [3.05, 3.63) is 158 Å². The number of nitrogens with zero attached hydrogens (tertiary/aromatic N) is 4. The van der Waals surface area contributed by atoms with Gasteiger partial charge < -0.3 is 4.40 Å². The van der Waals surface area contributed by atoms with E-state index in [4.69, 9.17) is 15.0 Å². The number of para-hydroxylation sites is 1. The fraction of sp³-hybridized carbons (Fsp3) is 0. The number of aromatic nitrogens is 4. The zero-order valence-corrected chi connectivity index (χ0v) is 27.5. The Morgan fingerprint density at radius 2 is 1.04 bits per heavy atom. The van der Waals surface area contributed by atoms with Crippen molar-refractivity contribution in [2.24, 2.45) is 0 Å². The summed E-state index contributed by atoms with van der Waals surface area (Å²) in [5, 5.41) is 9.16. The van der Waals surface area contributed by atoms with Crippen LogP contribution in [0.1, 0.15) is 0 Å². The molecular weight excluding hydrogens is 629 g/mol. The minimum absolute atomic E-state index is 0.655. The first-order valence-electron chi connectivity index (χ1n) is 16.8. The average molecular weight is 655 g/mol. The number of rotatable bonds is 2. The topological polar surface area (TPSA) is 43.1 Å². The van der Waals surface area contributed by atoms with Crippen LogP contribution in [0.2, 0.25) is 0 Å². The van der Waals surface area contributed by atoms with Gasteiger partial charge >= 0.3 is 0 Å². The molecule has 11 aromatic rings. The van der Waals surface area contributed by atoms with Crippen molar-refractivity contribution in [1.29, 1.82) is 0 Å². The first-order chi connectivity index (χ1) is 24.8. The molecule has 0 aliphatic rings. The Morgan fingerprint density at radius 1 is 0.400 bits per heavy atom. The summed E-state index contributed by atoms with van der Waals surface area (Å²) < 4.78 is 4.88. The van der Waals surface area contributed by atoms with E-state index in [2.05, 4.69) is 156 Å². The van der Waals surface area contributed by atoms with E-state index in [1.54, 1.807) is 0 Å². The van der Waals surface area contributed by atoms with Crippen LogP contribution in [-0.2, 0) is 0 Å². The van der Waals surface area contributed by atoms with Gasteiger partial charge in [0, 0.05) is 48.1 Å². The van der Waals surface area contributed by atoms with Gasteiger partial charge in [0.15, 0.2) is 17.1 Å². The van der Waals surface area contributed by atoms with Crippen molar-refractivity contribution in [3.8, 4) is 22.5 Å². The molecule has 4 heterocycles. The summed E-state index contributed by atoms with van der Waals surface area (Å²) in [6, 6.07) is 56.3. The zero-order chi connectivity index (χ0) is 32.8. The lowest BCUT2D eigenvalue weighted by molar-refractivity contribution is 1.18. The lowest BCUT2D eigenvalue weighted by Gasteiger charge is -2.06. The maximum atomic E-state index is 5.21. The van der Waals surface area contributed by atoms with E-state index < -0.39 is 0 Å². The molecule has 0 unspecified atom stereocenters. The average Bonchev–Trinajstić information content (AvgIpc) is 3.74. The number of thiophene rings is 1. The van der Waals surface area contributed by atoms with Crippen LogP contribution in [0.3, 0.4) is 0 Å². The van der Waals surface area contributed by atoms with Crippen molar-refractivity contribution in [2.45, 2.75) is 0 Å². The highest BCUT2D eigenvalue weighted by Crippen LogP contribution is 2.43. The SMILES string of the molecule is c1ccc(-c2ccc(-c3nc4nc(n3)c3cccc5c6ccc7c8ccccc8n(c8cccc(c8)c8cccc4c8)c7c6sc35)cc2)cc1. The second kappa shape index (κ2) is 10.5. The summed E-state index contributed by atoms with van der Waals surface area (Å²) in [7, 11) is 0. The van der Waals surface area contributed by atoms with Crippen molar-refractivity contribution in [1.82, 2.24) is 19.4 Å². The molecular formula is C45H26N4S. The lowest BCUT2D eigenvalue weighted by Crippen LogP contribution is -1.94. The third kappa shape index (κ3) is 4.08. The molecule has 0 atom stereocenters. The van der Waals surface area contributed by atoms with Crippen molar-refractivity contribution in [3.63, 3.8) is 0 Å². The largest absolute Gasteiger partial charge is 0.308 e. The fourth-order valence-corrected chi connectivity index (χ4v) is 8.95. The first-order valence-corrected chi connectivity index (χ1v) is 17.6. The maximum Gasteiger partial charge on any atom is 0.165 e. The molecule has 5 heteroatoms. The molecule has 8 bridgehead atoms. The van der Waals surface area contributed by atoms with E-state index in [1.165, 1.54) is 47.5 Å². The third-order valence-corrected chi connectivity index (χ3v) is 11.2. The quantitative estimate of drug-likeness (QED) is 0.186. The molecule has 4 aromatic heterocycles. The normalized spacial score (nSPS) is 12.0. The van der Waals surface area contributed by atoms with Crippen LogP contribution in [-0.4, -0.2) is 19.4 Å². The van der Waals surface area contributed by atoms with E-state index >= 15 is 0 Å². The van der Waals surface area contributed by atoms with E-state index in [9.17, 15) is 0 Å². The molecule has 4 nitrogen and oxygen atoms in total. The Labute approximate surface area is 290 Å². The molecule has 0 amide bonds. The fourth-order valence-electron chi connectivity index (χ4n) is 7.61. The Bertz CT molecular complexity index is 3190. The molecule has 0 N–H and O–H groups in total. The van der Waals surface area contributed by atoms with Crippen LogP contribution < -0.4 is 0 Å². The van der Waals surface area contributed by atoms with E-state index in [1.807, 2.05) is 17.4 Å². The maximum absolute atomic E-state index is 5.21. The van der Waals surface area contributed by atoms with Gasteiger partial charge in [-0.3, -0.25) is 0 Å². The van der Waals surface area contributed by atoms with Crippen LogP contribution in [0.25, 0.3) is 103 Å². The predicted octanol–water partition coefficient (Wildman–Crippen LogP) is 12.2. The number of hydrogen-bond acceptors (Lipinski definition) is 4. The molecule has 0 saturated heterocycles. The van der Waals surface area contributed by atoms with Gasteiger partial charge in [0.1, 0.15) is 0 Å². The Hall–Kier alpha value is -6.43. The second-order valence-electron chi connectivity index (χ2n) is 12.9. The highest BCUT2D eigenvalue weighted by molar-refractivity contribution is 7.27. The van der Waals surface area contributed by atoms with Gasteiger partial charge in [0.2, 0.25) is 0 Å². The molecule has 0 aliphatic carbocycles. The third-order valence-electron chi connectivity index (χ3n) is 9.98. The van der Waals surface area contributed by atoms with Crippen LogP contribution in [0.4, 0.5) is 0 Å².